The minimum Gasteiger partial charge on any atom is -0.506 e. The minimum absolute atomic E-state index is 0.0198. The predicted octanol–water partition coefficient (Wildman–Crippen LogP) is 3.24. The number of para-hydroxylation sites is 1. The first kappa shape index (κ1) is 14.1. The van der Waals surface area contributed by atoms with Gasteiger partial charge in [0.05, 0.1) is 12.1 Å². The Hall–Kier alpha value is -2.88. The molecule has 0 unspecified atom stereocenters. The van der Waals surface area contributed by atoms with Crippen LogP contribution < -0.4 is 5.56 Å². The molecule has 0 spiro atoms. The Labute approximate surface area is 127 Å². The Bertz CT molecular complexity index is 896. The molecule has 4 nitrogen and oxygen atoms in total. The number of hydrogen-bond donors (Lipinski definition) is 2. The van der Waals surface area contributed by atoms with E-state index in [1.165, 1.54) is 0 Å². The van der Waals surface area contributed by atoms with Crippen LogP contribution in [-0.2, 0) is 6.54 Å². The molecule has 110 valence electrons. The number of benzene rings is 2. The quantitative estimate of drug-likeness (QED) is 0.728. The third-order valence-corrected chi connectivity index (χ3v) is 3.60. The summed E-state index contributed by atoms with van der Waals surface area (Å²) in [5.74, 6) is -0.0198. The molecule has 3 rings (SSSR count). The van der Waals surface area contributed by atoms with E-state index in [1.807, 2.05) is 42.5 Å². The minimum atomic E-state index is -0.328. The molecule has 1 heterocycles. The van der Waals surface area contributed by atoms with Gasteiger partial charge in [-0.2, -0.15) is 0 Å². The van der Waals surface area contributed by atoms with Crippen molar-refractivity contribution in [1.82, 2.24) is 4.98 Å². The maximum atomic E-state index is 12.2. The molecule has 0 amide bonds. The van der Waals surface area contributed by atoms with Crippen molar-refractivity contribution in [2.75, 3.05) is 0 Å². The van der Waals surface area contributed by atoms with E-state index in [4.69, 9.17) is 0 Å². The van der Waals surface area contributed by atoms with Crippen LogP contribution in [0.3, 0.4) is 0 Å². The number of nitrogens with zero attached hydrogens (tertiary/aromatic N) is 1. The number of hydrogen-bond acceptors (Lipinski definition) is 3. The molecular formula is C18H16N2O2. The lowest BCUT2D eigenvalue weighted by Gasteiger charge is -2.07. The number of rotatable bonds is 3. The van der Waals surface area contributed by atoms with Crippen LogP contribution in [0.1, 0.15) is 18.1 Å². The third-order valence-electron chi connectivity index (χ3n) is 3.60. The molecule has 22 heavy (non-hydrogen) atoms. The maximum Gasteiger partial charge on any atom is 0.261 e. The summed E-state index contributed by atoms with van der Waals surface area (Å²) >= 11 is 0. The van der Waals surface area contributed by atoms with Crippen LogP contribution in [-0.4, -0.2) is 15.8 Å². The van der Waals surface area contributed by atoms with E-state index in [0.29, 0.717) is 23.2 Å². The summed E-state index contributed by atoms with van der Waals surface area (Å²) in [6.45, 7) is 2.21. The van der Waals surface area contributed by atoms with Crippen molar-refractivity contribution in [3.63, 3.8) is 0 Å². The number of aromatic nitrogens is 1. The van der Waals surface area contributed by atoms with Gasteiger partial charge in [0.1, 0.15) is 11.3 Å². The molecule has 0 aliphatic rings. The summed E-state index contributed by atoms with van der Waals surface area (Å²) in [6, 6.07) is 16.9. The smallest absolute Gasteiger partial charge is 0.261 e. The molecule has 2 N–H and O–H groups in total. The third kappa shape index (κ3) is 2.63. The second-order valence-electron chi connectivity index (χ2n) is 5.11. The van der Waals surface area contributed by atoms with E-state index in [2.05, 4.69) is 9.98 Å². The van der Waals surface area contributed by atoms with Crippen LogP contribution in [0.5, 0.6) is 5.75 Å². The van der Waals surface area contributed by atoms with Gasteiger partial charge in [-0.05, 0) is 24.6 Å². The highest BCUT2D eigenvalue weighted by Crippen LogP contribution is 2.24. The standard InChI is InChI=1S/C18H16N2O2/c1-12(19-11-13-7-3-2-4-8-13)16-17(21)14-9-5-6-10-15(14)20-18(16)22/h2-10H,11H2,1H3,(H2,20,21,22). The van der Waals surface area contributed by atoms with E-state index in [-0.39, 0.29) is 16.9 Å². The zero-order valence-electron chi connectivity index (χ0n) is 12.2. The summed E-state index contributed by atoms with van der Waals surface area (Å²) in [7, 11) is 0. The molecule has 1 aromatic heterocycles. The average molecular weight is 292 g/mol. The van der Waals surface area contributed by atoms with Crippen LogP contribution >= 0.6 is 0 Å². The highest BCUT2D eigenvalue weighted by atomic mass is 16.3. The van der Waals surface area contributed by atoms with Gasteiger partial charge in [0.15, 0.2) is 0 Å². The lowest BCUT2D eigenvalue weighted by atomic mass is 10.1. The summed E-state index contributed by atoms with van der Waals surface area (Å²) in [5, 5.41) is 11.0. The topological polar surface area (TPSA) is 65.5 Å². The van der Waals surface area contributed by atoms with Gasteiger partial charge < -0.3 is 10.1 Å². The summed E-state index contributed by atoms with van der Waals surface area (Å²) in [5.41, 5.74) is 2.09. The Kier molecular flexibility index (Phi) is 3.74. The Morgan fingerprint density at radius 1 is 1.09 bits per heavy atom. The van der Waals surface area contributed by atoms with Gasteiger partial charge in [-0.1, -0.05) is 42.5 Å². The monoisotopic (exact) mass is 292 g/mol. The number of nitrogens with one attached hydrogen (secondary N) is 1. The first-order valence-electron chi connectivity index (χ1n) is 7.06. The summed E-state index contributed by atoms with van der Waals surface area (Å²) in [6.07, 6.45) is 0. The molecule has 0 saturated carbocycles. The molecule has 3 aromatic rings. The van der Waals surface area contributed by atoms with E-state index < -0.39 is 0 Å². The van der Waals surface area contributed by atoms with Crippen molar-refractivity contribution in [2.45, 2.75) is 13.5 Å². The average Bonchev–Trinajstić information content (AvgIpc) is 2.54. The van der Waals surface area contributed by atoms with E-state index in [0.717, 1.165) is 5.56 Å². The van der Waals surface area contributed by atoms with Gasteiger partial charge in [0, 0.05) is 11.1 Å². The van der Waals surface area contributed by atoms with Crippen LogP contribution in [0.15, 0.2) is 64.4 Å². The molecule has 0 saturated heterocycles. The Morgan fingerprint density at radius 3 is 2.55 bits per heavy atom. The zero-order valence-corrected chi connectivity index (χ0v) is 12.2. The molecule has 2 aromatic carbocycles. The molecule has 0 aliphatic carbocycles. The SMILES string of the molecule is CC(=NCc1ccccc1)c1c(O)c2ccccc2[nH]c1=O. The molecule has 0 aliphatic heterocycles. The van der Waals surface area contributed by atoms with E-state index in [9.17, 15) is 9.90 Å². The number of aromatic amines is 1. The van der Waals surface area contributed by atoms with Crippen LogP contribution in [0, 0.1) is 0 Å². The van der Waals surface area contributed by atoms with Crippen molar-refractivity contribution < 1.29 is 5.11 Å². The van der Waals surface area contributed by atoms with Gasteiger partial charge in [-0.25, -0.2) is 0 Å². The van der Waals surface area contributed by atoms with Crippen molar-refractivity contribution >= 4 is 16.6 Å². The van der Waals surface area contributed by atoms with Crippen molar-refractivity contribution in [2.24, 2.45) is 4.99 Å². The second-order valence-corrected chi connectivity index (χ2v) is 5.11. The lowest BCUT2D eigenvalue weighted by molar-refractivity contribution is 0.479. The van der Waals surface area contributed by atoms with Gasteiger partial charge in [-0.3, -0.25) is 9.79 Å². The van der Waals surface area contributed by atoms with Crippen molar-refractivity contribution in [3.8, 4) is 5.75 Å². The Morgan fingerprint density at radius 2 is 1.77 bits per heavy atom. The van der Waals surface area contributed by atoms with Crippen molar-refractivity contribution in [1.29, 1.82) is 0 Å². The first-order chi connectivity index (χ1) is 10.7. The van der Waals surface area contributed by atoms with E-state index >= 15 is 0 Å². The molecule has 4 heteroatoms. The first-order valence-corrected chi connectivity index (χ1v) is 7.06. The van der Waals surface area contributed by atoms with Gasteiger partial charge in [-0.15, -0.1) is 0 Å². The van der Waals surface area contributed by atoms with Gasteiger partial charge >= 0.3 is 0 Å². The number of aliphatic imine (C=N–C) groups is 1. The number of H-pyrrole nitrogens is 1. The predicted molar refractivity (Wildman–Crippen MR) is 88.6 cm³/mol. The number of aromatic hydroxyl groups is 1. The summed E-state index contributed by atoms with van der Waals surface area (Å²) in [4.78, 5) is 19.4. The molecule has 0 atom stereocenters. The normalized spacial score (nSPS) is 11.8. The largest absolute Gasteiger partial charge is 0.506 e. The van der Waals surface area contributed by atoms with Gasteiger partial charge in [0.2, 0.25) is 0 Å². The van der Waals surface area contributed by atoms with Crippen LogP contribution in [0.25, 0.3) is 10.9 Å². The number of pyridine rings is 1. The second kappa shape index (κ2) is 5.85. The van der Waals surface area contributed by atoms with Crippen LogP contribution in [0.4, 0.5) is 0 Å². The van der Waals surface area contributed by atoms with Crippen molar-refractivity contribution in [3.05, 3.63) is 76.1 Å². The fraction of sp³-hybridized carbons (Fsp3) is 0.111. The lowest BCUT2D eigenvalue weighted by Crippen LogP contribution is -2.17. The maximum absolute atomic E-state index is 12.2. The van der Waals surface area contributed by atoms with Gasteiger partial charge in [0.25, 0.3) is 5.56 Å². The highest BCUT2D eigenvalue weighted by Gasteiger charge is 2.13. The fourth-order valence-corrected chi connectivity index (χ4v) is 2.43. The molecule has 0 radical (unpaired) electrons. The highest BCUT2D eigenvalue weighted by molar-refractivity contribution is 6.05. The zero-order chi connectivity index (χ0) is 15.5. The van der Waals surface area contributed by atoms with Crippen LogP contribution in [0.2, 0.25) is 0 Å². The summed E-state index contributed by atoms with van der Waals surface area (Å²) < 4.78 is 0. The van der Waals surface area contributed by atoms with E-state index in [1.54, 1.807) is 19.1 Å². The Balaban J connectivity index is 2.04. The molecule has 0 bridgehead atoms. The number of fused-ring (bicyclic) bond motifs is 1. The molecular weight excluding hydrogens is 276 g/mol. The molecule has 0 fully saturated rings. The fourth-order valence-electron chi connectivity index (χ4n) is 2.43.